The van der Waals surface area contributed by atoms with E-state index in [9.17, 15) is 29.7 Å². The molecule has 0 aromatic carbocycles. The maximum atomic E-state index is 11.8. The van der Waals surface area contributed by atoms with Gasteiger partial charge >= 0.3 is 17.9 Å². The predicted octanol–water partition coefficient (Wildman–Crippen LogP) is 8.21. The van der Waals surface area contributed by atoms with Crippen LogP contribution in [0.2, 0.25) is 0 Å². The third-order valence-electron chi connectivity index (χ3n) is 8.54. The summed E-state index contributed by atoms with van der Waals surface area (Å²) in [6.45, 7) is 6.76. The lowest BCUT2D eigenvalue weighted by Crippen LogP contribution is -2.70. The molecule has 7 nitrogen and oxygen atoms in total. The minimum Gasteiger partial charge on any atom is -0.477 e. The van der Waals surface area contributed by atoms with E-state index in [2.05, 4.69) is 19.1 Å². The van der Waals surface area contributed by atoms with Gasteiger partial charge in [-0.2, -0.15) is 0 Å². The molecule has 0 amide bonds. The lowest BCUT2D eigenvalue weighted by Gasteiger charge is -2.47. The summed E-state index contributed by atoms with van der Waals surface area (Å²) in [5, 5.41) is 28.9. The quantitative estimate of drug-likeness (QED) is 0.0536. The SMILES string of the molecule is CCCCCCC/C=C/CCCCCCCCCCCCCC[N+](C(C)C(=O)O)(C(C)C(=O)O)C(C)C(=O)O. The summed E-state index contributed by atoms with van der Waals surface area (Å²) in [7, 11) is 0. The zero-order chi connectivity index (χ0) is 29.5. The van der Waals surface area contributed by atoms with Gasteiger partial charge in [-0.1, -0.05) is 103 Å². The molecule has 228 valence electrons. The Morgan fingerprint density at radius 1 is 0.513 bits per heavy atom. The molecule has 3 atom stereocenters. The molecule has 0 saturated heterocycles. The molecule has 3 N–H and O–H groups in total. The van der Waals surface area contributed by atoms with Crippen molar-refractivity contribution in [1.29, 1.82) is 0 Å². The minimum atomic E-state index is -1.17. The van der Waals surface area contributed by atoms with Gasteiger partial charge in [0.05, 0.1) is 6.54 Å². The number of aliphatic carboxylic acids is 3. The number of quaternary nitrogens is 1. The second kappa shape index (κ2) is 22.9. The highest BCUT2D eigenvalue weighted by atomic mass is 16.4. The lowest BCUT2D eigenvalue weighted by atomic mass is 10.00. The molecule has 0 aliphatic carbocycles. The Balaban J connectivity index is 4.03. The van der Waals surface area contributed by atoms with Gasteiger partial charge in [0.1, 0.15) is 0 Å². The van der Waals surface area contributed by atoms with Crippen molar-refractivity contribution in [2.75, 3.05) is 6.54 Å². The van der Waals surface area contributed by atoms with Crippen LogP contribution in [0.5, 0.6) is 0 Å². The van der Waals surface area contributed by atoms with Gasteiger partial charge in [0.25, 0.3) is 0 Å². The van der Waals surface area contributed by atoms with Crippen LogP contribution in [0, 0.1) is 0 Å². The Morgan fingerprint density at radius 2 is 0.795 bits per heavy atom. The smallest absolute Gasteiger partial charge is 0.362 e. The molecule has 7 heteroatoms. The summed E-state index contributed by atoms with van der Waals surface area (Å²) in [6.07, 6.45) is 27.7. The highest BCUT2D eigenvalue weighted by Crippen LogP contribution is 2.27. The van der Waals surface area contributed by atoms with Gasteiger partial charge in [0, 0.05) is 0 Å². The van der Waals surface area contributed by atoms with E-state index in [0.717, 1.165) is 19.3 Å². The van der Waals surface area contributed by atoms with Crippen LogP contribution in [-0.4, -0.2) is 62.4 Å². The Morgan fingerprint density at radius 3 is 1.10 bits per heavy atom. The van der Waals surface area contributed by atoms with Crippen LogP contribution in [0.25, 0.3) is 0 Å². The van der Waals surface area contributed by atoms with Crippen molar-refractivity contribution in [3.8, 4) is 0 Å². The van der Waals surface area contributed by atoms with E-state index in [-0.39, 0.29) is 6.54 Å². The summed E-state index contributed by atoms with van der Waals surface area (Å²) in [5.74, 6) is -3.51. The van der Waals surface area contributed by atoms with Gasteiger partial charge in [-0.3, -0.25) is 4.48 Å². The largest absolute Gasteiger partial charge is 0.477 e. The zero-order valence-corrected chi connectivity index (χ0v) is 25.5. The number of carbonyl (C=O) groups is 3. The van der Waals surface area contributed by atoms with E-state index in [0.29, 0.717) is 6.42 Å². The Bertz CT molecular complexity index is 642. The van der Waals surface area contributed by atoms with Crippen molar-refractivity contribution in [2.24, 2.45) is 0 Å². The fraction of sp³-hybridized carbons (Fsp3) is 0.844. The summed E-state index contributed by atoms with van der Waals surface area (Å²) in [5.41, 5.74) is 0. The Kier molecular flexibility index (Phi) is 21.8. The van der Waals surface area contributed by atoms with Crippen molar-refractivity contribution in [2.45, 2.75) is 168 Å². The summed E-state index contributed by atoms with van der Waals surface area (Å²) in [6, 6.07) is -3.36. The van der Waals surface area contributed by atoms with Gasteiger partial charge in [-0.15, -0.1) is 0 Å². The molecule has 39 heavy (non-hydrogen) atoms. The molecule has 0 rings (SSSR count). The van der Waals surface area contributed by atoms with Crippen LogP contribution in [0.1, 0.15) is 150 Å². The van der Waals surface area contributed by atoms with Gasteiger partial charge in [-0.05, 0) is 59.3 Å². The fourth-order valence-corrected chi connectivity index (χ4v) is 5.72. The number of carboxylic acids is 3. The van der Waals surface area contributed by atoms with Crippen molar-refractivity contribution in [3.05, 3.63) is 12.2 Å². The van der Waals surface area contributed by atoms with Gasteiger partial charge in [0.2, 0.25) is 0 Å². The first-order valence-corrected chi connectivity index (χ1v) is 15.8. The fourth-order valence-electron chi connectivity index (χ4n) is 5.72. The third-order valence-corrected chi connectivity index (χ3v) is 8.54. The number of rotatable bonds is 27. The predicted molar refractivity (Wildman–Crippen MR) is 159 cm³/mol. The Hall–Kier alpha value is -1.89. The average molecular weight is 555 g/mol. The van der Waals surface area contributed by atoms with Crippen LogP contribution < -0.4 is 0 Å². The van der Waals surface area contributed by atoms with Crippen molar-refractivity contribution in [1.82, 2.24) is 0 Å². The van der Waals surface area contributed by atoms with Crippen LogP contribution in [-0.2, 0) is 14.4 Å². The van der Waals surface area contributed by atoms with E-state index < -0.39 is 40.5 Å². The third kappa shape index (κ3) is 15.5. The maximum absolute atomic E-state index is 11.8. The van der Waals surface area contributed by atoms with Crippen LogP contribution in [0.15, 0.2) is 12.2 Å². The molecule has 0 spiro atoms. The van der Waals surface area contributed by atoms with E-state index in [1.807, 2.05) is 0 Å². The van der Waals surface area contributed by atoms with E-state index in [1.54, 1.807) is 0 Å². The van der Waals surface area contributed by atoms with Crippen LogP contribution >= 0.6 is 0 Å². The molecular formula is C32H60NO6+. The van der Waals surface area contributed by atoms with Crippen LogP contribution in [0.3, 0.4) is 0 Å². The summed E-state index contributed by atoms with van der Waals surface area (Å²) >= 11 is 0. The van der Waals surface area contributed by atoms with Crippen LogP contribution in [0.4, 0.5) is 0 Å². The normalized spacial score (nSPS) is 15.6. The molecule has 0 bridgehead atoms. The monoisotopic (exact) mass is 554 g/mol. The Labute approximate surface area is 238 Å². The number of allylic oxidation sites excluding steroid dienone is 2. The molecule has 0 radical (unpaired) electrons. The highest BCUT2D eigenvalue weighted by molar-refractivity contribution is 5.77. The second-order valence-electron chi connectivity index (χ2n) is 11.5. The molecule has 0 aromatic rings. The van der Waals surface area contributed by atoms with E-state index in [4.69, 9.17) is 0 Å². The highest BCUT2D eigenvalue weighted by Gasteiger charge is 2.52. The number of nitrogens with zero attached hydrogens (tertiary/aromatic N) is 1. The first-order chi connectivity index (χ1) is 18.6. The standard InChI is InChI=1S/C32H59NO6/c1-5-6-7-8-9-10-11-12-13-14-15-16-17-18-19-20-21-22-23-24-25-26-33(27(2)30(34)35,28(3)31(36)37)29(4)32(38)39/h11-12,27-29H,5-10,13-26H2,1-4H3,(H2-,34,35,36,37,38,39)/p+1/b12-11+. The molecule has 3 unspecified atom stereocenters. The molecule has 0 fully saturated rings. The molecule has 0 aromatic heterocycles. The summed E-state index contributed by atoms with van der Waals surface area (Å²) < 4.78 is -0.477. The number of hydrogen-bond acceptors (Lipinski definition) is 3. The van der Waals surface area contributed by atoms with Crippen molar-refractivity contribution in [3.63, 3.8) is 0 Å². The second-order valence-corrected chi connectivity index (χ2v) is 11.5. The maximum Gasteiger partial charge on any atom is 0.362 e. The molecule has 0 heterocycles. The number of carboxylic acid groups (broad SMARTS) is 3. The van der Waals surface area contributed by atoms with Crippen molar-refractivity contribution >= 4 is 17.9 Å². The van der Waals surface area contributed by atoms with Gasteiger partial charge in [0.15, 0.2) is 18.1 Å². The molecule has 0 aliphatic heterocycles. The first-order valence-electron chi connectivity index (χ1n) is 15.8. The number of unbranched alkanes of at least 4 members (excludes halogenated alkanes) is 17. The van der Waals surface area contributed by atoms with E-state index >= 15 is 0 Å². The van der Waals surface area contributed by atoms with Gasteiger partial charge < -0.3 is 15.3 Å². The molecule has 0 aliphatic rings. The first kappa shape index (κ1) is 37.1. The number of hydrogen-bond donors (Lipinski definition) is 3. The average Bonchev–Trinajstić information content (AvgIpc) is 2.90. The molecule has 0 saturated carbocycles. The molecular weight excluding hydrogens is 494 g/mol. The minimum absolute atomic E-state index is 0.225. The summed E-state index contributed by atoms with van der Waals surface area (Å²) in [4.78, 5) is 35.4. The zero-order valence-electron chi connectivity index (χ0n) is 25.5. The van der Waals surface area contributed by atoms with Crippen molar-refractivity contribution < 1.29 is 34.2 Å². The van der Waals surface area contributed by atoms with E-state index in [1.165, 1.54) is 117 Å². The lowest BCUT2D eigenvalue weighted by molar-refractivity contribution is -0.968. The van der Waals surface area contributed by atoms with Gasteiger partial charge in [-0.25, -0.2) is 14.4 Å². The topological polar surface area (TPSA) is 112 Å².